The molecule has 1 aliphatic rings. The van der Waals surface area contributed by atoms with Gasteiger partial charge in [0.05, 0.1) is 12.2 Å². The summed E-state index contributed by atoms with van der Waals surface area (Å²) in [5.74, 6) is 0. The fourth-order valence-electron chi connectivity index (χ4n) is 1.36. The molecule has 0 bridgehead atoms. The second-order valence-electron chi connectivity index (χ2n) is 2.78. The van der Waals surface area contributed by atoms with Crippen LogP contribution in [0, 0.1) is 0 Å². The highest BCUT2D eigenvalue weighted by atomic mass is 32.1. The van der Waals surface area contributed by atoms with E-state index in [2.05, 4.69) is 31.0 Å². The average Bonchev–Trinajstić information content (AvgIpc) is 2.43. The zero-order valence-corrected chi connectivity index (χ0v) is 7.38. The van der Waals surface area contributed by atoms with Crippen molar-refractivity contribution in [1.29, 1.82) is 0 Å². The van der Waals surface area contributed by atoms with Crippen LogP contribution < -0.4 is 0 Å². The Balaban J connectivity index is 2.29. The van der Waals surface area contributed by atoms with Crippen molar-refractivity contribution in [3.05, 3.63) is 17.5 Å². The molecule has 3 nitrogen and oxygen atoms in total. The van der Waals surface area contributed by atoms with Crippen LogP contribution in [0.3, 0.4) is 0 Å². The van der Waals surface area contributed by atoms with Crippen molar-refractivity contribution in [2.45, 2.75) is 26.6 Å². The van der Waals surface area contributed by atoms with Gasteiger partial charge in [-0.2, -0.15) is 5.10 Å². The number of thiol groups is 1. The molecule has 0 spiro atoms. The van der Waals surface area contributed by atoms with Crippen molar-refractivity contribution in [3.63, 3.8) is 0 Å². The van der Waals surface area contributed by atoms with Gasteiger partial charge in [-0.15, -0.1) is 0 Å². The number of aromatic nitrogens is 2. The lowest BCUT2D eigenvalue weighted by atomic mass is 10.3. The number of nitrogens with zero attached hydrogens (tertiary/aromatic N) is 3. The summed E-state index contributed by atoms with van der Waals surface area (Å²) in [6, 6.07) is 0. The first-order valence-electron chi connectivity index (χ1n) is 3.78. The number of fused-ring (bicyclic) bond motifs is 1. The van der Waals surface area contributed by atoms with E-state index in [9.17, 15) is 0 Å². The Kier molecular flexibility index (Phi) is 1.65. The molecule has 1 aromatic heterocycles. The summed E-state index contributed by atoms with van der Waals surface area (Å²) < 4.78 is 3.95. The number of aryl methyl sites for hydroxylation is 1. The largest absolute Gasteiger partial charge is 0.272 e. The second-order valence-corrected chi connectivity index (χ2v) is 3.35. The van der Waals surface area contributed by atoms with Crippen LogP contribution in [0.25, 0.3) is 0 Å². The summed E-state index contributed by atoms with van der Waals surface area (Å²) in [6.45, 7) is 4.87. The topological polar surface area (TPSA) is 21.1 Å². The van der Waals surface area contributed by atoms with Crippen LogP contribution in [0.1, 0.15) is 18.2 Å². The number of rotatable bonds is 1. The Morgan fingerprint density at radius 2 is 2.45 bits per heavy atom. The van der Waals surface area contributed by atoms with Crippen molar-refractivity contribution in [2.75, 3.05) is 0 Å². The molecule has 0 unspecified atom stereocenters. The molecule has 0 atom stereocenters. The normalized spacial score (nSPS) is 17.3. The Morgan fingerprint density at radius 1 is 1.64 bits per heavy atom. The zero-order chi connectivity index (χ0) is 7.84. The quantitative estimate of drug-likeness (QED) is 0.635. The maximum Gasteiger partial charge on any atom is 0.0819 e. The van der Waals surface area contributed by atoms with Crippen LogP contribution in [0.5, 0.6) is 0 Å². The summed E-state index contributed by atoms with van der Waals surface area (Å²) in [7, 11) is 0. The first-order valence-corrected chi connectivity index (χ1v) is 4.18. The molecule has 0 aliphatic carbocycles. The fourth-order valence-corrected chi connectivity index (χ4v) is 1.64. The van der Waals surface area contributed by atoms with E-state index < -0.39 is 0 Å². The van der Waals surface area contributed by atoms with Gasteiger partial charge in [-0.25, -0.2) is 4.31 Å². The maximum atomic E-state index is 4.39. The molecule has 2 rings (SSSR count). The van der Waals surface area contributed by atoms with Crippen LogP contribution >= 0.6 is 12.8 Å². The highest BCUT2D eigenvalue weighted by Crippen LogP contribution is 2.21. The van der Waals surface area contributed by atoms with Gasteiger partial charge in [-0.05, 0) is 6.92 Å². The fraction of sp³-hybridized carbons (Fsp3) is 0.571. The van der Waals surface area contributed by atoms with Gasteiger partial charge in [0, 0.05) is 24.8 Å². The first kappa shape index (κ1) is 7.18. The van der Waals surface area contributed by atoms with Crippen LogP contribution in [0.15, 0.2) is 6.20 Å². The minimum Gasteiger partial charge on any atom is -0.272 e. The second kappa shape index (κ2) is 2.53. The Morgan fingerprint density at radius 3 is 3.09 bits per heavy atom. The molecule has 0 saturated carbocycles. The molecule has 0 amide bonds. The van der Waals surface area contributed by atoms with Gasteiger partial charge in [0.15, 0.2) is 0 Å². The number of hydrogen-bond acceptors (Lipinski definition) is 3. The molecular formula is C7H11N3S. The summed E-state index contributed by atoms with van der Waals surface area (Å²) in [5.41, 5.74) is 2.50. The minimum atomic E-state index is 0.880. The zero-order valence-electron chi connectivity index (χ0n) is 6.49. The molecule has 2 heterocycles. The smallest absolute Gasteiger partial charge is 0.0819 e. The van der Waals surface area contributed by atoms with Crippen molar-refractivity contribution < 1.29 is 0 Å². The number of hydrogen-bond donors (Lipinski definition) is 1. The minimum absolute atomic E-state index is 0.880. The molecule has 0 N–H and O–H groups in total. The summed E-state index contributed by atoms with van der Waals surface area (Å²) >= 11 is 4.25. The summed E-state index contributed by atoms with van der Waals surface area (Å²) in [6.07, 6.45) is 2.10. The highest BCUT2D eigenvalue weighted by molar-refractivity contribution is 7.77. The lowest BCUT2D eigenvalue weighted by Gasteiger charge is -2.03. The van der Waals surface area contributed by atoms with E-state index in [0.29, 0.717) is 0 Å². The van der Waals surface area contributed by atoms with Crippen LogP contribution in [-0.4, -0.2) is 14.1 Å². The molecule has 0 radical (unpaired) electrons. The summed E-state index contributed by atoms with van der Waals surface area (Å²) in [5, 5.41) is 4.39. The lowest BCUT2D eigenvalue weighted by Crippen LogP contribution is -2.04. The third-order valence-electron chi connectivity index (χ3n) is 1.93. The van der Waals surface area contributed by atoms with Gasteiger partial charge in [0.1, 0.15) is 0 Å². The van der Waals surface area contributed by atoms with Crippen LogP contribution in [0.4, 0.5) is 0 Å². The van der Waals surface area contributed by atoms with Gasteiger partial charge in [-0.1, -0.05) is 12.8 Å². The molecule has 1 aromatic rings. The van der Waals surface area contributed by atoms with E-state index in [1.807, 2.05) is 8.99 Å². The van der Waals surface area contributed by atoms with Crippen LogP contribution in [0.2, 0.25) is 0 Å². The molecule has 0 fully saturated rings. The average molecular weight is 169 g/mol. The predicted molar refractivity (Wildman–Crippen MR) is 46.1 cm³/mol. The van der Waals surface area contributed by atoms with Crippen molar-refractivity contribution >= 4 is 12.8 Å². The van der Waals surface area contributed by atoms with Gasteiger partial charge in [0.25, 0.3) is 0 Å². The van der Waals surface area contributed by atoms with Crippen molar-refractivity contribution in [3.8, 4) is 0 Å². The van der Waals surface area contributed by atoms with Gasteiger partial charge < -0.3 is 0 Å². The molecule has 0 saturated heterocycles. The molecule has 1 aliphatic heterocycles. The van der Waals surface area contributed by atoms with E-state index in [-0.39, 0.29) is 0 Å². The van der Waals surface area contributed by atoms with Crippen molar-refractivity contribution in [1.82, 2.24) is 14.1 Å². The third kappa shape index (κ3) is 1.16. The monoisotopic (exact) mass is 169 g/mol. The van der Waals surface area contributed by atoms with E-state index in [1.54, 1.807) is 0 Å². The maximum absolute atomic E-state index is 4.39. The molecule has 11 heavy (non-hydrogen) atoms. The van der Waals surface area contributed by atoms with Crippen molar-refractivity contribution in [2.24, 2.45) is 0 Å². The predicted octanol–water partition coefficient (Wildman–Crippen LogP) is 1.06. The van der Waals surface area contributed by atoms with E-state index >= 15 is 0 Å². The van der Waals surface area contributed by atoms with Gasteiger partial charge in [0.2, 0.25) is 0 Å². The van der Waals surface area contributed by atoms with Gasteiger partial charge in [-0.3, -0.25) is 4.68 Å². The first-order chi connectivity index (χ1) is 5.29. The highest BCUT2D eigenvalue weighted by Gasteiger charge is 2.19. The van der Waals surface area contributed by atoms with E-state index in [1.165, 1.54) is 11.3 Å². The molecular weight excluding hydrogens is 158 g/mol. The molecule has 0 aromatic carbocycles. The van der Waals surface area contributed by atoms with E-state index in [4.69, 9.17) is 0 Å². The third-order valence-corrected chi connectivity index (χ3v) is 2.22. The Labute approximate surface area is 71.5 Å². The Bertz CT molecular complexity index is 245. The SMILES string of the molecule is CCn1cc2c(n1)CN(S)C2. The molecule has 60 valence electrons. The van der Waals surface area contributed by atoms with E-state index in [0.717, 1.165) is 19.6 Å². The standard InChI is InChI=1S/C7H11N3S/c1-2-9-3-6-4-10(11)5-7(6)8-9/h3,11H,2,4-5H2,1H3. The van der Waals surface area contributed by atoms with Crippen LogP contribution in [-0.2, 0) is 19.6 Å². The molecule has 4 heteroatoms. The summed E-state index contributed by atoms with van der Waals surface area (Å²) in [4.78, 5) is 0. The van der Waals surface area contributed by atoms with Gasteiger partial charge >= 0.3 is 0 Å². The Hall–Kier alpha value is -0.480. The lowest BCUT2D eigenvalue weighted by molar-refractivity contribution is 0.496.